The SMILES string of the molecule is O=C(CNC1CC1)N1CCN(Cc2ccc3c(c2)OCO3)CC1. The molecule has 1 saturated carbocycles. The summed E-state index contributed by atoms with van der Waals surface area (Å²) in [5.74, 6) is 1.90. The second-order valence-electron chi connectivity index (χ2n) is 6.50. The van der Waals surface area contributed by atoms with Gasteiger partial charge in [0.25, 0.3) is 0 Å². The van der Waals surface area contributed by atoms with Gasteiger partial charge in [0.05, 0.1) is 6.54 Å². The van der Waals surface area contributed by atoms with Crippen molar-refractivity contribution in [1.29, 1.82) is 0 Å². The van der Waals surface area contributed by atoms with Gasteiger partial charge in [-0.25, -0.2) is 0 Å². The maximum atomic E-state index is 12.1. The number of ether oxygens (including phenoxy) is 2. The third-order valence-electron chi connectivity index (χ3n) is 4.69. The largest absolute Gasteiger partial charge is 0.454 e. The molecule has 2 fully saturated rings. The Labute approximate surface area is 136 Å². The van der Waals surface area contributed by atoms with Gasteiger partial charge in [0.2, 0.25) is 12.7 Å². The minimum Gasteiger partial charge on any atom is -0.454 e. The minimum absolute atomic E-state index is 0.236. The molecule has 23 heavy (non-hydrogen) atoms. The van der Waals surface area contributed by atoms with E-state index in [1.807, 2.05) is 11.0 Å². The summed E-state index contributed by atoms with van der Waals surface area (Å²) in [7, 11) is 0. The Morgan fingerprint density at radius 1 is 1.13 bits per heavy atom. The number of rotatable bonds is 5. The molecule has 1 saturated heterocycles. The second-order valence-corrected chi connectivity index (χ2v) is 6.50. The molecule has 0 bridgehead atoms. The third kappa shape index (κ3) is 3.59. The van der Waals surface area contributed by atoms with E-state index in [1.54, 1.807) is 0 Å². The summed E-state index contributed by atoms with van der Waals surface area (Å²) in [5.41, 5.74) is 1.23. The number of nitrogens with zero attached hydrogens (tertiary/aromatic N) is 2. The smallest absolute Gasteiger partial charge is 0.236 e. The number of fused-ring (bicyclic) bond motifs is 1. The zero-order valence-electron chi connectivity index (χ0n) is 13.3. The van der Waals surface area contributed by atoms with Crippen molar-refractivity contribution in [2.45, 2.75) is 25.4 Å². The molecule has 2 aliphatic heterocycles. The number of benzene rings is 1. The molecule has 6 heteroatoms. The average Bonchev–Trinajstić information content (AvgIpc) is 3.29. The number of nitrogens with one attached hydrogen (secondary N) is 1. The molecule has 0 aromatic heterocycles. The fourth-order valence-electron chi connectivity index (χ4n) is 3.08. The monoisotopic (exact) mass is 317 g/mol. The van der Waals surface area contributed by atoms with E-state index in [2.05, 4.69) is 22.3 Å². The van der Waals surface area contributed by atoms with Crippen molar-refractivity contribution >= 4 is 5.91 Å². The van der Waals surface area contributed by atoms with Crippen LogP contribution in [0.15, 0.2) is 18.2 Å². The van der Waals surface area contributed by atoms with Crippen LogP contribution in [0.5, 0.6) is 11.5 Å². The molecule has 124 valence electrons. The zero-order valence-corrected chi connectivity index (χ0v) is 13.3. The Kier molecular flexibility index (Phi) is 4.10. The first-order valence-electron chi connectivity index (χ1n) is 8.40. The molecule has 0 atom stereocenters. The molecule has 2 heterocycles. The fraction of sp³-hybridized carbons (Fsp3) is 0.588. The molecule has 4 rings (SSSR count). The van der Waals surface area contributed by atoms with Crippen molar-refractivity contribution in [3.8, 4) is 11.5 Å². The van der Waals surface area contributed by atoms with Crippen LogP contribution in [-0.2, 0) is 11.3 Å². The number of piperazine rings is 1. The van der Waals surface area contributed by atoms with Gasteiger partial charge in [0, 0.05) is 38.8 Å². The summed E-state index contributed by atoms with van der Waals surface area (Å²) >= 11 is 0. The predicted octanol–water partition coefficient (Wildman–Crippen LogP) is 0.812. The Bertz CT molecular complexity index is 580. The summed E-state index contributed by atoms with van der Waals surface area (Å²) in [6.45, 7) is 5.17. The van der Waals surface area contributed by atoms with Crippen LogP contribution in [0, 0.1) is 0 Å². The van der Waals surface area contributed by atoms with Crippen molar-refractivity contribution in [3.63, 3.8) is 0 Å². The highest BCUT2D eigenvalue weighted by Crippen LogP contribution is 2.32. The lowest BCUT2D eigenvalue weighted by molar-refractivity contribution is -0.132. The Hall–Kier alpha value is -1.79. The lowest BCUT2D eigenvalue weighted by Crippen LogP contribution is -2.50. The highest BCUT2D eigenvalue weighted by Gasteiger charge is 2.25. The van der Waals surface area contributed by atoms with Crippen molar-refractivity contribution in [2.24, 2.45) is 0 Å². The molecule has 0 spiro atoms. The molecule has 0 radical (unpaired) electrons. The number of amides is 1. The summed E-state index contributed by atoms with van der Waals surface area (Å²) in [4.78, 5) is 16.5. The molecule has 3 aliphatic rings. The maximum absolute atomic E-state index is 12.1. The van der Waals surface area contributed by atoms with Crippen molar-refractivity contribution in [2.75, 3.05) is 39.5 Å². The van der Waals surface area contributed by atoms with E-state index in [9.17, 15) is 4.79 Å². The molecule has 0 unspecified atom stereocenters. The Morgan fingerprint density at radius 2 is 1.91 bits per heavy atom. The molecule has 1 amide bonds. The molecule has 6 nitrogen and oxygen atoms in total. The first-order valence-corrected chi connectivity index (χ1v) is 8.40. The van der Waals surface area contributed by atoms with Gasteiger partial charge in [-0.2, -0.15) is 0 Å². The molecule has 1 aromatic carbocycles. The van der Waals surface area contributed by atoms with Gasteiger partial charge in [0.15, 0.2) is 11.5 Å². The molecular weight excluding hydrogens is 294 g/mol. The Morgan fingerprint density at radius 3 is 2.70 bits per heavy atom. The molecular formula is C17H23N3O3. The van der Waals surface area contributed by atoms with Crippen LogP contribution in [0.25, 0.3) is 0 Å². The summed E-state index contributed by atoms with van der Waals surface area (Å²) in [6.07, 6.45) is 2.44. The fourth-order valence-corrected chi connectivity index (χ4v) is 3.08. The van der Waals surface area contributed by atoms with Crippen molar-refractivity contribution in [1.82, 2.24) is 15.1 Å². The van der Waals surface area contributed by atoms with Crippen molar-refractivity contribution in [3.05, 3.63) is 23.8 Å². The number of carbonyl (C=O) groups is 1. The topological polar surface area (TPSA) is 54.0 Å². The number of hydrogen-bond acceptors (Lipinski definition) is 5. The van der Waals surface area contributed by atoms with E-state index < -0.39 is 0 Å². The van der Waals surface area contributed by atoms with Crippen LogP contribution in [0.2, 0.25) is 0 Å². The number of carbonyl (C=O) groups excluding carboxylic acids is 1. The molecule has 1 aliphatic carbocycles. The van der Waals surface area contributed by atoms with Gasteiger partial charge >= 0.3 is 0 Å². The second kappa shape index (κ2) is 6.37. The number of hydrogen-bond donors (Lipinski definition) is 1. The van der Waals surface area contributed by atoms with E-state index in [0.717, 1.165) is 44.2 Å². The van der Waals surface area contributed by atoms with Crippen LogP contribution in [0.3, 0.4) is 0 Å². The molecule has 1 aromatic rings. The standard InChI is InChI=1S/C17H23N3O3/c21-17(10-18-14-2-3-14)20-7-5-19(6-8-20)11-13-1-4-15-16(9-13)23-12-22-15/h1,4,9,14,18H,2-3,5-8,10-12H2. The van der Waals surface area contributed by atoms with Crippen LogP contribution in [0.4, 0.5) is 0 Å². The normalized spacial score (nSPS) is 20.8. The lowest BCUT2D eigenvalue weighted by atomic mass is 10.1. The van der Waals surface area contributed by atoms with Gasteiger partial charge < -0.3 is 19.7 Å². The van der Waals surface area contributed by atoms with Gasteiger partial charge in [-0.3, -0.25) is 9.69 Å². The lowest BCUT2D eigenvalue weighted by Gasteiger charge is -2.34. The quantitative estimate of drug-likeness (QED) is 0.871. The highest BCUT2D eigenvalue weighted by molar-refractivity contribution is 5.78. The van der Waals surface area contributed by atoms with Crippen LogP contribution < -0.4 is 14.8 Å². The van der Waals surface area contributed by atoms with Gasteiger partial charge in [-0.05, 0) is 30.5 Å². The van der Waals surface area contributed by atoms with Gasteiger partial charge in [0.1, 0.15) is 0 Å². The van der Waals surface area contributed by atoms with Crippen LogP contribution in [-0.4, -0.2) is 61.3 Å². The zero-order chi connectivity index (χ0) is 15.6. The summed E-state index contributed by atoms with van der Waals surface area (Å²) in [6, 6.07) is 6.71. The predicted molar refractivity (Wildman–Crippen MR) is 85.4 cm³/mol. The summed E-state index contributed by atoms with van der Waals surface area (Å²) in [5, 5.41) is 3.30. The highest BCUT2D eigenvalue weighted by atomic mass is 16.7. The molecule has 1 N–H and O–H groups in total. The van der Waals surface area contributed by atoms with E-state index >= 15 is 0 Å². The first kappa shape index (κ1) is 14.8. The third-order valence-corrected chi connectivity index (χ3v) is 4.69. The van der Waals surface area contributed by atoms with Gasteiger partial charge in [-0.15, -0.1) is 0 Å². The van der Waals surface area contributed by atoms with E-state index in [-0.39, 0.29) is 5.91 Å². The summed E-state index contributed by atoms with van der Waals surface area (Å²) < 4.78 is 10.8. The average molecular weight is 317 g/mol. The maximum Gasteiger partial charge on any atom is 0.236 e. The van der Waals surface area contributed by atoms with Crippen LogP contribution in [0.1, 0.15) is 18.4 Å². The first-order chi connectivity index (χ1) is 11.3. The van der Waals surface area contributed by atoms with Crippen molar-refractivity contribution < 1.29 is 14.3 Å². The minimum atomic E-state index is 0.236. The van der Waals surface area contributed by atoms with E-state index in [0.29, 0.717) is 19.4 Å². The van der Waals surface area contributed by atoms with E-state index in [1.165, 1.54) is 18.4 Å². The van der Waals surface area contributed by atoms with E-state index in [4.69, 9.17) is 9.47 Å². The van der Waals surface area contributed by atoms with Gasteiger partial charge in [-0.1, -0.05) is 6.07 Å². The Balaban J connectivity index is 1.25. The van der Waals surface area contributed by atoms with Crippen LogP contribution >= 0.6 is 0 Å².